The van der Waals surface area contributed by atoms with Crippen molar-refractivity contribution in [1.82, 2.24) is 19.9 Å². The van der Waals surface area contributed by atoms with Gasteiger partial charge in [-0.15, -0.1) is 0 Å². The predicted molar refractivity (Wildman–Crippen MR) is 108 cm³/mol. The first-order valence-corrected chi connectivity index (χ1v) is 9.37. The van der Waals surface area contributed by atoms with Crippen molar-refractivity contribution < 1.29 is 4.74 Å². The van der Waals surface area contributed by atoms with Crippen molar-refractivity contribution in [2.75, 3.05) is 18.0 Å². The molecule has 0 saturated carbocycles. The molecule has 5 rings (SSSR count). The Morgan fingerprint density at radius 1 is 0.929 bits per heavy atom. The Hall–Kier alpha value is -3.54. The molecule has 0 N–H and O–H groups in total. The van der Waals surface area contributed by atoms with E-state index < -0.39 is 0 Å². The van der Waals surface area contributed by atoms with Crippen LogP contribution in [-0.4, -0.2) is 39.1 Å². The van der Waals surface area contributed by atoms with E-state index in [2.05, 4.69) is 20.9 Å². The molecular formula is C22H19N5O. The van der Waals surface area contributed by atoms with Gasteiger partial charge in [-0.1, -0.05) is 18.2 Å². The number of hydrogen-bond acceptors (Lipinski definition) is 6. The Kier molecular flexibility index (Phi) is 4.29. The fourth-order valence-electron chi connectivity index (χ4n) is 3.53. The van der Waals surface area contributed by atoms with Crippen molar-refractivity contribution in [2.45, 2.75) is 12.5 Å². The monoisotopic (exact) mass is 369 g/mol. The molecule has 3 aromatic heterocycles. The third-order valence-corrected chi connectivity index (χ3v) is 4.87. The Balaban J connectivity index is 1.48. The predicted octanol–water partition coefficient (Wildman–Crippen LogP) is 3.74. The molecule has 4 aromatic rings. The molecule has 1 aromatic carbocycles. The van der Waals surface area contributed by atoms with Crippen LogP contribution in [0.5, 0.6) is 5.88 Å². The summed E-state index contributed by atoms with van der Waals surface area (Å²) in [4.78, 5) is 20.4. The van der Waals surface area contributed by atoms with Crippen LogP contribution in [0.2, 0.25) is 0 Å². The summed E-state index contributed by atoms with van der Waals surface area (Å²) in [5.74, 6) is 2.30. The molecule has 0 spiro atoms. The van der Waals surface area contributed by atoms with Crippen LogP contribution in [0.1, 0.15) is 6.42 Å². The Bertz CT molecular complexity index is 1090. The number of anilines is 1. The zero-order chi connectivity index (χ0) is 18.8. The van der Waals surface area contributed by atoms with E-state index in [-0.39, 0.29) is 6.10 Å². The lowest BCUT2D eigenvalue weighted by atomic mass is 10.2. The van der Waals surface area contributed by atoms with Gasteiger partial charge in [-0.25, -0.2) is 15.0 Å². The van der Waals surface area contributed by atoms with Gasteiger partial charge in [0.1, 0.15) is 11.9 Å². The van der Waals surface area contributed by atoms with E-state index in [0.29, 0.717) is 11.7 Å². The van der Waals surface area contributed by atoms with Gasteiger partial charge in [0.15, 0.2) is 5.82 Å². The average molecular weight is 369 g/mol. The van der Waals surface area contributed by atoms with Crippen LogP contribution in [0.15, 0.2) is 73.2 Å². The van der Waals surface area contributed by atoms with Crippen molar-refractivity contribution >= 4 is 16.7 Å². The first-order valence-electron chi connectivity index (χ1n) is 9.37. The molecular weight excluding hydrogens is 350 g/mol. The molecule has 0 bridgehead atoms. The summed E-state index contributed by atoms with van der Waals surface area (Å²) in [6.07, 6.45) is 6.32. The second kappa shape index (κ2) is 7.23. The summed E-state index contributed by atoms with van der Waals surface area (Å²) in [5, 5.41) is 1.05. The van der Waals surface area contributed by atoms with Crippen LogP contribution in [0, 0.1) is 0 Å². The lowest BCUT2D eigenvalue weighted by Gasteiger charge is -2.20. The van der Waals surface area contributed by atoms with Gasteiger partial charge < -0.3 is 9.64 Å². The van der Waals surface area contributed by atoms with E-state index in [1.54, 1.807) is 18.6 Å². The summed E-state index contributed by atoms with van der Waals surface area (Å²) in [6.45, 7) is 1.65. The topological polar surface area (TPSA) is 64.0 Å². The second-order valence-electron chi connectivity index (χ2n) is 6.77. The Labute approximate surface area is 162 Å². The lowest BCUT2D eigenvalue weighted by Crippen LogP contribution is -2.26. The van der Waals surface area contributed by atoms with Crippen LogP contribution in [-0.2, 0) is 0 Å². The van der Waals surface area contributed by atoms with Crippen LogP contribution in [0.25, 0.3) is 22.3 Å². The maximum atomic E-state index is 6.05. The largest absolute Gasteiger partial charge is 0.472 e. The fraction of sp³-hybridized carbons (Fsp3) is 0.182. The molecule has 28 heavy (non-hydrogen) atoms. The molecule has 6 nitrogen and oxygen atoms in total. The van der Waals surface area contributed by atoms with Gasteiger partial charge in [-0.3, -0.25) is 4.98 Å². The van der Waals surface area contributed by atoms with Gasteiger partial charge in [0.25, 0.3) is 0 Å². The van der Waals surface area contributed by atoms with Crippen LogP contribution in [0.3, 0.4) is 0 Å². The number of hydrogen-bond donors (Lipinski definition) is 0. The van der Waals surface area contributed by atoms with Gasteiger partial charge in [0.2, 0.25) is 5.88 Å². The van der Waals surface area contributed by atoms with Crippen molar-refractivity contribution in [3.8, 4) is 17.3 Å². The molecule has 1 saturated heterocycles. The number of para-hydroxylation sites is 1. The summed E-state index contributed by atoms with van der Waals surface area (Å²) in [7, 11) is 0. The molecule has 138 valence electrons. The summed E-state index contributed by atoms with van der Waals surface area (Å²) >= 11 is 0. The molecule has 4 heterocycles. The lowest BCUT2D eigenvalue weighted by molar-refractivity contribution is 0.216. The fourth-order valence-corrected chi connectivity index (χ4v) is 3.53. The highest BCUT2D eigenvalue weighted by Crippen LogP contribution is 2.30. The SMILES string of the molecule is c1ccc(OC2CCN(c3nc(-c4cccnc4)nc4ccccc34)C2)nc1. The molecule has 1 aliphatic rings. The number of ether oxygens (including phenoxy) is 1. The number of pyridine rings is 2. The highest BCUT2D eigenvalue weighted by Gasteiger charge is 2.27. The Morgan fingerprint density at radius 3 is 2.71 bits per heavy atom. The highest BCUT2D eigenvalue weighted by molar-refractivity contribution is 5.91. The number of aromatic nitrogens is 4. The van der Waals surface area contributed by atoms with Gasteiger partial charge in [0.05, 0.1) is 12.1 Å². The van der Waals surface area contributed by atoms with Crippen LogP contribution >= 0.6 is 0 Å². The number of benzene rings is 1. The molecule has 0 radical (unpaired) electrons. The highest BCUT2D eigenvalue weighted by atomic mass is 16.5. The molecule has 0 aliphatic carbocycles. The first kappa shape index (κ1) is 16.6. The smallest absolute Gasteiger partial charge is 0.213 e. The minimum Gasteiger partial charge on any atom is -0.472 e. The van der Waals surface area contributed by atoms with E-state index in [0.717, 1.165) is 41.8 Å². The van der Waals surface area contributed by atoms with E-state index in [1.165, 1.54) is 0 Å². The molecule has 1 fully saturated rings. The van der Waals surface area contributed by atoms with E-state index >= 15 is 0 Å². The van der Waals surface area contributed by atoms with Crippen LogP contribution < -0.4 is 9.64 Å². The summed E-state index contributed by atoms with van der Waals surface area (Å²) in [5.41, 5.74) is 1.84. The van der Waals surface area contributed by atoms with Crippen molar-refractivity contribution in [2.24, 2.45) is 0 Å². The first-order chi connectivity index (χ1) is 13.9. The standard InChI is InChI=1S/C22H19N5O/c1-2-8-19-18(7-1)22(26-21(25-19)16-6-5-11-23-14-16)27-13-10-17(15-27)28-20-9-3-4-12-24-20/h1-9,11-12,14,17H,10,13,15H2. The summed E-state index contributed by atoms with van der Waals surface area (Å²) < 4.78 is 6.05. The summed E-state index contributed by atoms with van der Waals surface area (Å²) in [6, 6.07) is 17.7. The number of rotatable bonds is 4. The third-order valence-electron chi connectivity index (χ3n) is 4.87. The van der Waals surface area contributed by atoms with Gasteiger partial charge in [-0.2, -0.15) is 0 Å². The van der Waals surface area contributed by atoms with Gasteiger partial charge >= 0.3 is 0 Å². The van der Waals surface area contributed by atoms with E-state index in [4.69, 9.17) is 14.7 Å². The normalized spacial score (nSPS) is 16.4. The molecule has 1 atom stereocenters. The number of fused-ring (bicyclic) bond motifs is 1. The zero-order valence-electron chi connectivity index (χ0n) is 15.3. The third kappa shape index (κ3) is 3.24. The molecule has 1 unspecified atom stereocenters. The maximum Gasteiger partial charge on any atom is 0.213 e. The van der Waals surface area contributed by atoms with E-state index in [9.17, 15) is 0 Å². The number of nitrogens with zero attached hydrogens (tertiary/aromatic N) is 5. The van der Waals surface area contributed by atoms with Gasteiger partial charge in [-0.05, 0) is 30.3 Å². The average Bonchev–Trinajstić information content (AvgIpc) is 3.22. The van der Waals surface area contributed by atoms with Gasteiger partial charge in [0, 0.05) is 48.6 Å². The molecule has 0 amide bonds. The second-order valence-corrected chi connectivity index (χ2v) is 6.77. The molecule has 6 heteroatoms. The maximum absolute atomic E-state index is 6.05. The van der Waals surface area contributed by atoms with Crippen molar-refractivity contribution in [1.29, 1.82) is 0 Å². The van der Waals surface area contributed by atoms with Crippen molar-refractivity contribution in [3.05, 3.63) is 73.2 Å². The molecule has 1 aliphatic heterocycles. The minimum atomic E-state index is 0.0884. The van der Waals surface area contributed by atoms with Crippen molar-refractivity contribution in [3.63, 3.8) is 0 Å². The van der Waals surface area contributed by atoms with Crippen LogP contribution in [0.4, 0.5) is 5.82 Å². The zero-order valence-corrected chi connectivity index (χ0v) is 15.3. The Morgan fingerprint density at radius 2 is 1.86 bits per heavy atom. The minimum absolute atomic E-state index is 0.0884. The quantitative estimate of drug-likeness (QED) is 0.546. The van der Waals surface area contributed by atoms with E-state index in [1.807, 2.05) is 48.5 Å².